The van der Waals surface area contributed by atoms with Gasteiger partial charge < -0.3 is 9.64 Å². The van der Waals surface area contributed by atoms with E-state index in [1.807, 2.05) is 29.2 Å². The molecule has 0 spiro atoms. The average molecular weight is 396 g/mol. The topological polar surface area (TPSA) is 46.6 Å². The molecule has 0 aromatic heterocycles. The summed E-state index contributed by atoms with van der Waals surface area (Å²) in [5.74, 6) is 0.486. The zero-order valence-electron chi connectivity index (χ0n) is 14.5. The zero-order chi connectivity index (χ0) is 17.5. The molecule has 0 aliphatic carbocycles. The Morgan fingerprint density at radius 2 is 2.00 bits per heavy atom. The van der Waals surface area contributed by atoms with E-state index in [-0.39, 0.29) is 17.8 Å². The molecular weight excluding hydrogens is 370 g/mol. The predicted molar refractivity (Wildman–Crippen MR) is 97.8 cm³/mol. The lowest BCUT2D eigenvalue weighted by molar-refractivity contribution is -0.150. The van der Waals surface area contributed by atoms with E-state index in [0.29, 0.717) is 44.0 Å². The van der Waals surface area contributed by atoms with E-state index < -0.39 is 0 Å². The minimum Gasteiger partial charge on any atom is -0.465 e. The van der Waals surface area contributed by atoms with Crippen molar-refractivity contribution in [3.05, 3.63) is 34.3 Å². The largest absolute Gasteiger partial charge is 0.465 e. The summed E-state index contributed by atoms with van der Waals surface area (Å²) in [4.78, 5) is 26.4. The Labute approximate surface area is 152 Å². The number of nitrogens with zero attached hydrogens (tertiary/aromatic N) is 1. The molecule has 0 atom stereocenters. The van der Waals surface area contributed by atoms with Crippen molar-refractivity contribution in [2.24, 2.45) is 11.8 Å². The van der Waals surface area contributed by atoms with Crippen LogP contribution in [0.5, 0.6) is 0 Å². The average Bonchev–Trinajstić information content (AvgIpc) is 2.58. The normalized spacial score (nSPS) is 15.6. The molecule has 1 aromatic carbocycles. The van der Waals surface area contributed by atoms with Crippen LogP contribution in [0.2, 0.25) is 0 Å². The van der Waals surface area contributed by atoms with E-state index in [2.05, 4.69) is 29.8 Å². The minimum absolute atomic E-state index is 0.0278. The summed E-state index contributed by atoms with van der Waals surface area (Å²) in [7, 11) is 0. The Kier molecular flexibility index (Phi) is 7.28. The molecule has 0 bridgehead atoms. The van der Waals surface area contributed by atoms with Crippen molar-refractivity contribution in [2.75, 3.05) is 19.7 Å². The van der Waals surface area contributed by atoms with Crippen LogP contribution in [-0.2, 0) is 9.53 Å². The molecule has 1 aliphatic rings. The van der Waals surface area contributed by atoms with Crippen LogP contribution in [0.4, 0.5) is 0 Å². The molecule has 24 heavy (non-hydrogen) atoms. The van der Waals surface area contributed by atoms with Gasteiger partial charge in [-0.1, -0.05) is 35.8 Å². The third kappa shape index (κ3) is 5.62. The molecule has 1 fully saturated rings. The van der Waals surface area contributed by atoms with Crippen LogP contribution < -0.4 is 0 Å². The lowest BCUT2D eigenvalue weighted by Gasteiger charge is -2.31. The van der Waals surface area contributed by atoms with Gasteiger partial charge in [-0.15, -0.1) is 0 Å². The van der Waals surface area contributed by atoms with Gasteiger partial charge in [0.25, 0.3) is 5.91 Å². The van der Waals surface area contributed by atoms with Crippen LogP contribution >= 0.6 is 15.9 Å². The molecule has 1 aromatic rings. The Morgan fingerprint density at radius 1 is 1.29 bits per heavy atom. The maximum absolute atomic E-state index is 12.5. The van der Waals surface area contributed by atoms with Crippen LogP contribution in [0.1, 0.15) is 49.9 Å². The number of esters is 1. The highest BCUT2D eigenvalue weighted by molar-refractivity contribution is 9.10. The van der Waals surface area contributed by atoms with Gasteiger partial charge in [-0.05, 0) is 49.8 Å². The number of amides is 1. The number of carbonyl (C=O) groups excluding carboxylic acids is 2. The van der Waals surface area contributed by atoms with Gasteiger partial charge >= 0.3 is 5.97 Å². The molecule has 0 unspecified atom stereocenters. The molecule has 0 N–H and O–H groups in total. The highest BCUT2D eigenvalue weighted by Gasteiger charge is 2.28. The molecule has 1 saturated heterocycles. The van der Waals surface area contributed by atoms with E-state index in [0.717, 1.165) is 17.3 Å². The van der Waals surface area contributed by atoms with Crippen LogP contribution in [0.15, 0.2) is 28.7 Å². The number of rotatable bonds is 6. The minimum atomic E-state index is -0.103. The maximum atomic E-state index is 12.5. The summed E-state index contributed by atoms with van der Waals surface area (Å²) >= 11 is 3.39. The van der Waals surface area contributed by atoms with Crippen molar-refractivity contribution in [1.29, 1.82) is 0 Å². The zero-order valence-corrected chi connectivity index (χ0v) is 16.0. The van der Waals surface area contributed by atoms with Crippen LogP contribution in [0.25, 0.3) is 0 Å². The standard InChI is InChI=1S/C19H26BrNO3/c1-14(2)5-4-12-24-19(23)15-8-10-21(11-9-15)18(22)16-6-3-7-17(20)13-16/h3,6-7,13-15H,4-5,8-12H2,1-2H3. The van der Waals surface area contributed by atoms with Crippen LogP contribution in [-0.4, -0.2) is 36.5 Å². The van der Waals surface area contributed by atoms with Gasteiger partial charge in [-0.3, -0.25) is 9.59 Å². The number of carbonyl (C=O) groups is 2. The third-order valence-corrected chi connectivity index (χ3v) is 4.85. The Hall–Kier alpha value is -1.36. The molecule has 1 heterocycles. The number of ether oxygens (including phenoxy) is 1. The van der Waals surface area contributed by atoms with Crippen molar-refractivity contribution >= 4 is 27.8 Å². The van der Waals surface area contributed by atoms with Crippen molar-refractivity contribution in [3.63, 3.8) is 0 Å². The van der Waals surface area contributed by atoms with E-state index in [1.54, 1.807) is 0 Å². The first-order valence-electron chi connectivity index (χ1n) is 8.69. The lowest BCUT2D eigenvalue weighted by Crippen LogP contribution is -2.40. The number of hydrogen-bond donors (Lipinski definition) is 0. The Balaban J connectivity index is 1.76. The Morgan fingerprint density at radius 3 is 2.62 bits per heavy atom. The molecule has 0 radical (unpaired) electrons. The van der Waals surface area contributed by atoms with Gasteiger partial charge in [0.15, 0.2) is 0 Å². The highest BCUT2D eigenvalue weighted by Crippen LogP contribution is 2.21. The second kappa shape index (κ2) is 9.21. The summed E-state index contributed by atoms with van der Waals surface area (Å²) in [6.07, 6.45) is 3.36. The molecular formula is C19H26BrNO3. The fourth-order valence-corrected chi connectivity index (χ4v) is 3.30. The number of hydrogen-bond acceptors (Lipinski definition) is 3. The van der Waals surface area contributed by atoms with Crippen molar-refractivity contribution in [3.8, 4) is 0 Å². The third-order valence-electron chi connectivity index (χ3n) is 4.36. The number of piperidine rings is 1. The van der Waals surface area contributed by atoms with E-state index in [9.17, 15) is 9.59 Å². The maximum Gasteiger partial charge on any atom is 0.309 e. The van der Waals surface area contributed by atoms with E-state index >= 15 is 0 Å². The summed E-state index contributed by atoms with van der Waals surface area (Å²) in [5, 5.41) is 0. The van der Waals surface area contributed by atoms with Gasteiger partial charge in [0.2, 0.25) is 0 Å². The van der Waals surface area contributed by atoms with Gasteiger partial charge in [-0.25, -0.2) is 0 Å². The molecule has 4 nitrogen and oxygen atoms in total. The summed E-state index contributed by atoms with van der Waals surface area (Å²) in [6.45, 7) is 6.06. The summed E-state index contributed by atoms with van der Waals surface area (Å²) in [6, 6.07) is 7.41. The van der Waals surface area contributed by atoms with Gasteiger partial charge in [0.1, 0.15) is 0 Å². The first kappa shape index (κ1) is 19.0. The number of benzene rings is 1. The molecule has 132 valence electrons. The monoisotopic (exact) mass is 395 g/mol. The van der Waals surface area contributed by atoms with Crippen LogP contribution in [0, 0.1) is 11.8 Å². The Bertz CT molecular complexity index is 565. The number of likely N-dealkylation sites (tertiary alicyclic amines) is 1. The predicted octanol–water partition coefficient (Wildman–Crippen LogP) is 4.28. The lowest BCUT2D eigenvalue weighted by atomic mass is 9.96. The van der Waals surface area contributed by atoms with Gasteiger partial charge in [0.05, 0.1) is 12.5 Å². The van der Waals surface area contributed by atoms with E-state index in [4.69, 9.17) is 4.74 Å². The second-order valence-corrected chi connectivity index (χ2v) is 7.70. The highest BCUT2D eigenvalue weighted by atomic mass is 79.9. The number of halogens is 1. The van der Waals surface area contributed by atoms with Crippen LogP contribution in [0.3, 0.4) is 0 Å². The van der Waals surface area contributed by atoms with Gasteiger partial charge in [-0.2, -0.15) is 0 Å². The van der Waals surface area contributed by atoms with Crippen molar-refractivity contribution < 1.29 is 14.3 Å². The first-order chi connectivity index (χ1) is 11.5. The molecule has 1 amide bonds. The fraction of sp³-hybridized carbons (Fsp3) is 0.579. The fourth-order valence-electron chi connectivity index (χ4n) is 2.90. The molecule has 1 aliphatic heterocycles. The summed E-state index contributed by atoms with van der Waals surface area (Å²) < 4.78 is 6.28. The molecule has 0 saturated carbocycles. The van der Waals surface area contributed by atoms with Crippen molar-refractivity contribution in [1.82, 2.24) is 4.90 Å². The SMILES string of the molecule is CC(C)CCCOC(=O)C1CCN(C(=O)c2cccc(Br)c2)CC1. The molecule has 5 heteroatoms. The van der Waals surface area contributed by atoms with Crippen molar-refractivity contribution in [2.45, 2.75) is 39.5 Å². The van der Waals surface area contributed by atoms with Gasteiger partial charge in [0, 0.05) is 23.1 Å². The smallest absolute Gasteiger partial charge is 0.309 e. The quantitative estimate of drug-likeness (QED) is 0.533. The first-order valence-corrected chi connectivity index (χ1v) is 9.48. The van der Waals surface area contributed by atoms with E-state index in [1.165, 1.54) is 0 Å². The molecule has 2 rings (SSSR count). The summed E-state index contributed by atoms with van der Waals surface area (Å²) in [5.41, 5.74) is 0.680. The second-order valence-electron chi connectivity index (χ2n) is 6.78.